The molecule has 1 N–H and O–H groups in total. The Morgan fingerprint density at radius 1 is 1.04 bits per heavy atom. The maximum absolute atomic E-state index is 9.19. The number of anilines is 2. The van der Waals surface area contributed by atoms with Crippen LogP contribution in [0.4, 0.5) is 11.6 Å². The highest BCUT2D eigenvalue weighted by Gasteiger charge is 2.24. The standard InChI is InChI=1S/C18H26N6O2/c25-10-7-24-16(1-4-21-24)15-2-5-22(6-3-15)17-13-18(20-14-19-17)23-8-11-26-12-9-23/h1,4,13-15,25H,2-3,5-12H2. The van der Waals surface area contributed by atoms with E-state index in [2.05, 4.69) is 37.0 Å². The van der Waals surface area contributed by atoms with Crippen LogP contribution in [0.25, 0.3) is 0 Å². The minimum absolute atomic E-state index is 0.124. The number of rotatable bonds is 5. The molecule has 2 aromatic heterocycles. The molecule has 2 fully saturated rings. The number of nitrogens with zero attached hydrogens (tertiary/aromatic N) is 6. The molecule has 0 aliphatic carbocycles. The predicted octanol–water partition coefficient (Wildman–Crippen LogP) is 0.886. The average Bonchev–Trinajstić information content (AvgIpc) is 3.17. The van der Waals surface area contributed by atoms with Gasteiger partial charge < -0.3 is 19.6 Å². The number of piperidine rings is 1. The Labute approximate surface area is 153 Å². The number of hydrogen-bond donors (Lipinski definition) is 1. The van der Waals surface area contributed by atoms with E-state index in [-0.39, 0.29) is 6.61 Å². The molecular formula is C18H26N6O2. The van der Waals surface area contributed by atoms with Crippen molar-refractivity contribution in [3.8, 4) is 0 Å². The lowest BCUT2D eigenvalue weighted by atomic mass is 9.93. The van der Waals surface area contributed by atoms with Crippen LogP contribution in [0, 0.1) is 0 Å². The van der Waals surface area contributed by atoms with Crippen LogP contribution in [0.15, 0.2) is 24.7 Å². The third-order valence-electron chi connectivity index (χ3n) is 5.27. The van der Waals surface area contributed by atoms with Crippen molar-refractivity contribution in [3.05, 3.63) is 30.4 Å². The summed E-state index contributed by atoms with van der Waals surface area (Å²) >= 11 is 0. The van der Waals surface area contributed by atoms with E-state index in [0.717, 1.165) is 63.9 Å². The summed E-state index contributed by atoms with van der Waals surface area (Å²) in [6.45, 7) is 5.90. The molecule has 0 unspecified atom stereocenters. The first kappa shape index (κ1) is 17.2. The van der Waals surface area contributed by atoms with Crippen molar-refractivity contribution in [2.45, 2.75) is 25.3 Å². The first-order chi connectivity index (χ1) is 12.8. The maximum atomic E-state index is 9.19. The summed E-state index contributed by atoms with van der Waals surface area (Å²) in [6, 6.07) is 4.18. The number of hydrogen-bond acceptors (Lipinski definition) is 7. The van der Waals surface area contributed by atoms with Crippen LogP contribution in [0.1, 0.15) is 24.5 Å². The lowest BCUT2D eigenvalue weighted by molar-refractivity contribution is 0.122. The topological polar surface area (TPSA) is 79.5 Å². The van der Waals surface area contributed by atoms with Crippen LogP contribution in [0.5, 0.6) is 0 Å². The highest BCUT2D eigenvalue weighted by molar-refractivity contribution is 5.50. The Morgan fingerprint density at radius 2 is 1.73 bits per heavy atom. The van der Waals surface area contributed by atoms with Gasteiger partial charge in [0.05, 0.1) is 26.4 Å². The summed E-state index contributed by atoms with van der Waals surface area (Å²) in [5.74, 6) is 2.48. The molecule has 0 atom stereocenters. The summed E-state index contributed by atoms with van der Waals surface area (Å²) in [5.41, 5.74) is 1.23. The SMILES string of the molecule is OCCn1nccc1C1CCN(c2cc(N3CCOCC3)ncn2)CC1. The normalized spacial score (nSPS) is 19.1. The van der Waals surface area contributed by atoms with Gasteiger partial charge in [0.1, 0.15) is 18.0 Å². The molecular weight excluding hydrogens is 332 g/mol. The van der Waals surface area contributed by atoms with Gasteiger partial charge in [0.2, 0.25) is 0 Å². The summed E-state index contributed by atoms with van der Waals surface area (Å²) in [6.07, 6.45) is 5.63. The van der Waals surface area contributed by atoms with E-state index in [1.54, 1.807) is 6.33 Å². The quantitative estimate of drug-likeness (QED) is 0.850. The Bertz CT molecular complexity index is 707. The minimum atomic E-state index is 0.124. The van der Waals surface area contributed by atoms with Gasteiger partial charge in [-0.05, 0) is 18.9 Å². The average molecular weight is 358 g/mol. The highest BCUT2D eigenvalue weighted by atomic mass is 16.5. The van der Waals surface area contributed by atoms with Crippen LogP contribution in [0.3, 0.4) is 0 Å². The van der Waals surface area contributed by atoms with Crippen LogP contribution in [-0.2, 0) is 11.3 Å². The van der Waals surface area contributed by atoms with E-state index in [9.17, 15) is 5.11 Å². The zero-order chi connectivity index (χ0) is 17.8. The molecule has 0 spiro atoms. The van der Waals surface area contributed by atoms with Crippen molar-refractivity contribution in [1.29, 1.82) is 0 Å². The molecule has 0 radical (unpaired) electrons. The smallest absolute Gasteiger partial charge is 0.134 e. The van der Waals surface area contributed by atoms with Crippen LogP contribution in [0.2, 0.25) is 0 Å². The second kappa shape index (κ2) is 8.01. The number of aliphatic hydroxyl groups excluding tert-OH is 1. The second-order valence-corrected chi connectivity index (χ2v) is 6.80. The molecule has 4 heterocycles. The number of aliphatic hydroxyl groups is 1. The largest absolute Gasteiger partial charge is 0.394 e. The molecule has 0 aromatic carbocycles. The Kier molecular flexibility index (Phi) is 5.31. The van der Waals surface area contributed by atoms with E-state index >= 15 is 0 Å². The predicted molar refractivity (Wildman–Crippen MR) is 98.6 cm³/mol. The van der Waals surface area contributed by atoms with Crippen LogP contribution in [-0.4, -0.2) is 70.9 Å². The van der Waals surface area contributed by atoms with E-state index in [1.165, 1.54) is 5.69 Å². The van der Waals surface area contributed by atoms with Gasteiger partial charge in [-0.25, -0.2) is 9.97 Å². The van der Waals surface area contributed by atoms with Crippen LogP contribution < -0.4 is 9.80 Å². The molecule has 0 amide bonds. The van der Waals surface area contributed by atoms with Gasteiger partial charge in [0.15, 0.2) is 0 Å². The van der Waals surface area contributed by atoms with Crippen molar-refractivity contribution in [2.75, 3.05) is 55.8 Å². The molecule has 0 bridgehead atoms. The molecule has 2 aliphatic rings. The van der Waals surface area contributed by atoms with Crippen molar-refractivity contribution in [2.24, 2.45) is 0 Å². The Hall–Kier alpha value is -2.19. The van der Waals surface area contributed by atoms with E-state index in [4.69, 9.17) is 4.74 Å². The zero-order valence-corrected chi connectivity index (χ0v) is 15.0. The maximum Gasteiger partial charge on any atom is 0.134 e. The number of morpholine rings is 1. The monoisotopic (exact) mass is 358 g/mol. The van der Waals surface area contributed by atoms with E-state index in [0.29, 0.717) is 12.5 Å². The first-order valence-electron chi connectivity index (χ1n) is 9.37. The summed E-state index contributed by atoms with van der Waals surface area (Å²) in [4.78, 5) is 13.5. The van der Waals surface area contributed by atoms with Crippen molar-refractivity contribution in [1.82, 2.24) is 19.7 Å². The lowest BCUT2D eigenvalue weighted by Crippen LogP contribution is -2.37. The third kappa shape index (κ3) is 3.66. The second-order valence-electron chi connectivity index (χ2n) is 6.80. The summed E-state index contributed by atoms with van der Waals surface area (Å²) in [7, 11) is 0. The third-order valence-corrected chi connectivity index (χ3v) is 5.27. The molecule has 8 nitrogen and oxygen atoms in total. The van der Waals surface area contributed by atoms with Gasteiger partial charge in [0, 0.05) is 50.1 Å². The van der Waals surface area contributed by atoms with Gasteiger partial charge >= 0.3 is 0 Å². The van der Waals surface area contributed by atoms with Crippen molar-refractivity contribution in [3.63, 3.8) is 0 Å². The zero-order valence-electron chi connectivity index (χ0n) is 15.0. The van der Waals surface area contributed by atoms with Gasteiger partial charge in [-0.3, -0.25) is 4.68 Å². The molecule has 140 valence electrons. The lowest BCUT2D eigenvalue weighted by Gasteiger charge is -2.34. The van der Waals surface area contributed by atoms with E-state index in [1.807, 2.05) is 10.9 Å². The molecule has 8 heteroatoms. The minimum Gasteiger partial charge on any atom is -0.394 e. The molecule has 2 saturated heterocycles. The highest BCUT2D eigenvalue weighted by Crippen LogP contribution is 2.30. The Balaban J connectivity index is 1.41. The van der Waals surface area contributed by atoms with Gasteiger partial charge in [-0.1, -0.05) is 0 Å². The van der Waals surface area contributed by atoms with Gasteiger partial charge in [-0.15, -0.1) is 0 Å². The fraction of sp³-hybridized carbons (Fsp3) is 0.611. The fourth-order valence-corrected chi connectivity index (χ4v) is 3.85. The van der Waals surface area contributed by atoms with E-state index < -0.39 is 0 Å². The Morgan fingerprint density at radius 3 is 2.42 bits per heavy atom. The number of ether oxygens (including phenoxy) is 1. The number of aromatic nitrogens is 4. The van der Waals surface area contributed by atoms with Crippen molar-refractivity contribution < 1.29 is 9.84 Å². The summed E-state index contributed by atoms with van der Waals surface area (Å²) in [5, 5.41) is 13.5. The molecule has 26 heavy (non-hydrogen) atoms. The van der Waals surface area contributed by atoms with Gasteiger partial charge in [-0.2, -0.15) is 5.10 Å². The van der Waals surface area contributed by atoms with Gasteiger partial charge in [0.25, 0.3) is 0 Å². The molecule has 0 saturated carbocycles. The summed E-state index contributed by atoms with van der Waals surface area (Å²) < 4.78 is 7.36. The molecule has 2 aliphatic heterocycles. The van der Waals surface area contributed by atoms with Crippen LogP contribution >= 0.6 is 0 Å². The molecule has 2 aromatic rings. The molecule has 4 rings (SSSR count). The van der Waals surface area contributed by atoms with Crippen molar-refractivity contribution >= 4 is 11.6 Å². The first-order valence-corrected chi connectivity index (χ1v) is 9.37. The fourth-order valence-electron chi connectivity index (χ4n) is 3.85.